The van der Waals surface area contributed by atoms with Crippen LogP contribution in [0.15, 0.2) is 42.6 Å². The third kappa shape index (κ3) is 3.90. The number of rotatable bonds is 4. The van der Waals surface area contributed by atoms with Crippen molar-refractivity contribution in [3.8, 4) is 0 Å². The molecule has 3 aliphatic heterocycles. The van der Waals surface area contributed by atoms with E-state index in [0.717, 1.165) is 76.3 Å². The van der Waals surface area contributed by atoms with Crippen LogP contribution in [0.4, 0.5) is 11.5 Å². The van der Waals surface area contributed by atoms with Crippen molar-refractivity contribution in [2.75, 3.05) is 49.1 Å². The van der Waals surface area contributed by atoms with Gasteiger partial charge in [-0.1, -0.05) is 18.2 Å². The highest BCUT2D eigenvalue weighted by Gasteiger charge is 2.28. The van der Waals surface area contributed by atoms with E-state index >= 15 is 0 Å². The van der Waals surface area contributed by atoms with E-state index in [1.165, 1.54) is 24.1 Å². The molecule has 0 N–H and O–H groups in total. The van der Waals surface area contributed by atoms with Gasteiger partial charge in [-0.2, -0.15) is 0 Å². The van der Waals surface area contributed by atoms with E-state index in [0.29, 0.717) is 5.92 Å². The molecule has 30 heavy (non-hydrogen) atoms. The molecule has 0 saturated carbocycles. The topological polar surface area (TPSA) is 39.7 Å². The standard InChI is InChI=1S/C25H32N4O/c30-25(28-14-4-1-5-15-28)22-8-6-13-26-24(22)27-16-10-20(11-17-27)19-29-18-12-21-7-2-3-9-23(21)29/h2-3,6-9,13,20H,1,4-5,10-12,14-19H2. The second-order valence-corrected chi connectivity index (χ2v) is 8.98. The van der Waals surface area contributed by atoms with Crippen molar-refractivity contribution in [1.82, 2.24) is 9.88 Å². The molecule has 2 aromatic rings. The summed E-state index contributed by atoms with van der Waals surface area (Å²) < 4.78 is 0. The Bertz CT molecular complexity index is 884. The van der Waals surface area contributed by atoms with Crippen molar-refractivity contribution >= 4 is 17.4 Å². The number of pyridine rings is 1. The molecule has 0 spiro atoms. The van der Waals surface area contributed by atoms with Crippen LogP contribution in [-0.2, 0) is 6.42 Å². The molecule has 158 valence electrons. The molecule has 4 heterocycles. The quantitative estimate of drug-likeness (QED) is 0.773. The predicted molar refractivity (Wildman–Crippen MR) is 121 cm³/mol. The number of aromatic nitrogens is 1. The van der Waals surface area contributed by atoms with Gasteiger partial charge in [0.05, 0.1) is 5.56 Å². The number of carbonyl (C=O) groups is 1. The molecule has 1 aromatic carbocycles. The summed E-state index contributed by atoms with van der Waals surface area (Å²) in [5.41, 5.74) is 3.70. The summed E-state index contributed by atoms with van der Waals surface area (Å²) in [6, 6.07) is 12.7. The summed E-state index contributed by atoms with van der Waals surface area (Å²) in [6.07, 6.45) is 8.79. The SMILES string of the molecule is O=C(c1cccnc1N1CCC(CN2CCc3ccccc32)CC1)N1CCCCC1. The molecular weight excluding hydrogens is 372 g/mol. The highest BCUT2D eigenvalue weighted by atomic mass is 16.2. The lowest BCUT2D eigenvalue weighted by molar-refractivity contribution is 0.0724. The summed E-state index contributed by atoms with van der Waals surface area (Å²) in [7, 11) is 0. The fourth-order valence-corrected chi connectivity index (χ4v) is 5.32. The molecular formula is C25H32N4O. The van der Waals surface area contributed by atoms with Gasteiger partial charge in [0.1, 0.15) is 5.82 Å². The van der Waals surface area contributed by atoms with Gasteiger partial charge >= 0.3 is 0 Å². The Labute approximate surface area is 179 Å². The second kappa shape index (κ2) is 8.66. The van der Waals surface area contributed by atoms with Gasteiger partial charge in [0.2, 0.25) is 0 Å². The molecule has 2 saturated heterocycles. The zero-order chi connectivity index (χ0) is 20.3. The predicted octanol–water partition coefficient (Wildman–Crippen LogP) is 3.99. The molecule has 0 bridgehead atoms. The number of likely N-dealkylation sites (tertiary alicyclic amines) is 1. The number of piperidine rings is 2. The average Bonchev–Trinajstić information content (AvgIpc) is 3.22. The normalized spacial score (nSPS) is 19.8. The summed E-state index contributed by atoms with van der Waals surface area (Å²) in [5, 5.41) is 0. The van der Waals surface area contributed by atoms with Gasteiger partial charge in [0, 0.05) is 51.2 Å². The van der Waals surface area contributed by atoms with Crippen molar-refractivity contribution in [2.24, 2.45) is 5.92 Å². The smallest absolute Gasteiger partial charge is 0.257 e. The van der Waals surface area contributed by atoms with Gasteiger partial charge in [0.15, 0.2) is 0 Å². The van der Waals surface area contributed by atoms with Crippen molar-refractivity contribution in [3.63, 3.8) is 0 Å². The third-order valence-electron chi connectivity index (χ3n) is 7.04. The van der Waals surface area contributed by atoms with Gasteiger partial charge in [-0.25, -0.2) is 4.98 Å². The van der Waals surface area contributed by atoms with Gasteiger partial charge in [0.25, 0.3) is 5.91 Å². The number of hydrogen-bond donors (Lipinski definition) is 0. The molecule has 1 aromatic heterocycles. The fraction of sp³-hybridized carbons (Fsp3) is 0.520. The lowest BCUT2D eigenvalue weighted by Crippen LogP contribution is -2.41. The number of carbonyl (C=O) groups excluding carboxylic acids is 1. The maximum atomic E-state index is 13.1. The zero-order valence-electron chi connectivity index (χ0n) is 17.8. The summed E-state index contributed by atoms with van der Waals surface area (Å²) >= 11 is 0. The Balaban J connectivity index is 1.23. The minimum Gasteiger partial charge on any atom is -0.371 e. The summed E-state index contributed by atoms with van der Waals surface area (Å²) in [6.45, 7) is 6.02. The van der Waals surface area contributed by atoms with Crippen LogP contribution in [0.25, 0.3) is 0 Å². The lowest BCUT2D eigenvalue weighted by Gasteiger charge is -2.36. The van der Waals surface area contributed by atoms with E-state index in [9.17, 15) is 4.79 Å². The van der Waals surface area contributed by atoms with E-state index in [4.69, 9.17) is 0 Å². The van der Waals surface area contributed by atoms with Crippen LogP contribution in [0.2, 0.25) is 0 Å². The van der Waals surface area contributed by atoms with Crippen LogP contribution in [-0.4, -0.2) is 55.1 Å². The highest BCUT2D eigenvalue weighted by molar-refractivity contribution is 5.99. The first kappa shape index (κ1) is 19.4. The average molecular weight is 405 g/mol. The van der Waals surface area contributed by atoms with E-state index in [1.807, 2.05) is 23.2 Å². The van der Waals surface area contributed by atoms with Gasteiger partial charge in [-0.05, 0) is 68.2 Å². The third-order valence-corrected chi connectivity index (χ3v) is 7.04. The molecule has 3 aliphatic rings. The van der Waals surface area contributed by atoms with Crippen molar-refractivity contribution in [3.05, 3.63) is 53.7 Å². The van der Waals surface area contributed by atoms with Crippen LogP contribution in [0.3, 0.4) is 0 Å². The first-order chi connectivity index (χ1) is 14.8. The van der Waals surface area contributed by atoms with Gasteiger partial charge in [-0.3, -0.25) is 4.79 Å². The maximum Gasteiger partial charge on any atom is 0.257 e. The molecule has 0 unspecified atom stereocenters. The number of nitrogens with zero attached hydrogens (tertiary/aromatic N) is 4. The number of amides is 1. The van der Waals surface area contributed by atoms with Gasteiger partial charge in [-0.15, -0.1) is 0 Å². The first-order valence-corrected chi connectivity index (χ1v) is 11.6. The number of para-hydroxylation sites is 1. The molecule has 1 amide bonds. The zero-order valence-corrected chi connectivity index (χ0v) is 17.8. The van der Waals surface area contributed by atoms with E-state index in [1.54, 1.807) is 0 Å². The minimum absolute atomic E-state index is 0.161. The number of anilines is 2. The Morgan fingerprint density at radius 1 is 0.933 bits per heavy atom. The van der Waals surface area contributed by atoms with E-state index in [-0.39, 0.29) is 5.91 Å². The first-order valence-electron chi connectivity index (χ1n) is 11.6. The minimum atomic E-state index is 0.161. The fourth-order valence-electron chi connectivity index (χ4n) is 5.32. The van der Waals surface area contributed by atoms with Crippen molar-refractivity contribution < 1.29 is 4.79 Å². The van der Waals surface area contributed by atoms with E-state index in [2.05, 4.69) is 39.0 Å². The molecule has 5 rings (SSSR count). The number of benzene rings is 1. The number of fused-ring (bicyclic) bond motifs is 1. The maximum absolute atomic E-state index is 13.1. The molecule has 5 heteroatoms. The van der Waals surface area contributed by atoms with E-state index < -0.39 is 0 Å². The van der Waals surface area contributed by atoms with Crippen LogP contribution in [0.5, 0.6) is 0 Å². The molecule has 2 fully saturated rings. The van der Waals surface area contributed by atoms with Crippen LogP contribution in [0.1, 0.15) is 48.0 Å². The molecule has 0 radical (unpaired) electrons. The Kier molecular flexibility index (Phi) is 5.60. The number of hydrogen-bond acceptors (Lipinski definition) is 4. The summed E-state index contributed by atoms with van der Waals surface area (Å²) in [5.74, 6) is 1.75. The lowest BCUT2D eigenvalue weighted by atomic mass is 9.95. The van der Waals surface area contributed by atoms with Crippen molar-refractivity contribution in [1.29, 1.82) is 0 Å². The van der Waals surface area contributed by atoms with Crippen molar-refractivity contribution in [2.45, 2.75) is 38.5 Å². The Morgan fingerprint density at radius 3 is 2.57 bits per heavy atom. The largest absolute Gasteiger partial charge is 0.371 e. The molecule has 0 atom stereocenters. The van der Waals surface area contributed by atoms with Crippen LogP contribution < -0.4 is 9.80 Å². The molecule has 5 nitrogen and oxygen atoms in total. The Hall–Kier alpha value is -2.56. The second-order valence-electron chi connectivity index (χ2n) is 8.98. The van der Waals surface area contributed by atoms with Crippen LogP contribution >= 0.6 is 0 Å². The molecule has 0 aliphatic carbocycles. The van der Waals surface area contributed by atoms with Crippen LogP contribution in [0, 0.1) is 5.92 Å². The monoisotopic (exact) mass is 404 g/mol. The summed E-state index contributed by atoms with van der Waals surface area (Å²) in [4.78, 5) is 24.7. The highest BCUT2D eigenvalue weighted by Crippen LogP contribution is 2.31. The Morgan fingerprint density at radius 2 is 1.73 bits per heavy atom. The van der Waals surface area contributed by atoms with Gasteiger partial charge < -0.3 is 14.7 Å².